The van der Waals surface area contributed by atoms with Gasteiger partial charge >= 0.3 is 0 Å². The van der Waals surface area contributed by atoms with Gasteiger partial charge in [0.15, 0.2) is 0 Å². The van der Waals surface area contributed by atoms with Gasteiger partial charge in [-0.15, -0.1) is 0 Å². The molecule has 88 valence electrons. The molecule has 0 aromatic rings. The number of hydrogen-bond donors (Lipinski definition) is 2. The van der Waals surface area contributed by atoms with Gasteiger partial charge in [0.05, 0.1) is 12.1 Å². The van der Waals surface area contributed by atoms with Gasteiger partial charge in [0.2, 0.25) is 5.91 Å². The van der Waals surface area contributed by atoms with Gasteiger partial charge in [0.25, 0.3) is 0 Å². The van der Waals surface area contributed by atoms with E-state index >= 15 is 0 Å². The molecule has 1 fully saturated rings. The normalized spacial score (nSPS) is 20.5. The molecule has 0 bridgehead atoms. The molecule has 4 heteroatoms. The number of carbonyl (C=O) groups excluding carboxylic acids is 1. The van der Waals surface area contributed by atoms with Crippen LogP contribution in [-0.2, 0) is 4.79 Å². The fourth-order valence-corrected chi connectivity index (χ4v) is 1.78. The predicted octanol–water partition coefficient (Wildman–Crippen LogP) is 0.214. The molecule has 1 aliphatic rings. The molecule has 15 heavy (non-hydrogen) atoms. The lowest BCUT2D eigenvalue weighted by atomic mass is 9.83. The van der Waals surface area contributed by atoms with Crippen molar-refractivity contribution in [3.8, 4) is 0 Å². The first-order valence-electron chi connectivity index (χ1n) is 5.57. The third-order valence-electron chi connectivity index (χ3n) is 2.89. The van der Waals surface area contributed by atoms with Gasteiger partial charge in [-0.25, -0.2) is 0 Å². The highest BCUT2D eigenvalue weighted by molar-refractivity contribution is 5.78. The standard InChI is InChI=1S/C11H22N2O2/c1-8(2)11(15)6-13(7-11)5-10(14)12-9(3)4/h8-9,15H,5-7H2,1-4H3,(H,12,14). The van der Waals surface area contributed by atoms with Crippen LogP contribution in [0.5, 0.6) is 0 Å². The Balaban J connectivity index is 2.26. The Hall–Kier alpha value is -0.610. The van der Waals surface area contributed by atoms with E-state index in [9.17, 15) is 9.90 Å². The lowest BCUT2D eigenvalue weighted by Crippen LogP contribution is -2.65. The molecule has 0 aromatic heterocycles. The smallest absolute Gasteiger partial charge is 0.234 e. The molecular weight excluding hydrogens is 192 g/mol. The van der Waals surface area contributed by atoms with Gasteiger partial charge in [0.1, 0.15) is 0 Å². The van der Waals surface area contributed by atoms with Gasteiger partial charge in [-0.3, -0.25) is 9.69 Å². The van der Waals surface area contributed by atoms with Crippen molar-refractivity contribution < 1.29 is 9.90 Å². The Morgan fingerprint density at radius 3 is 2.33 bits per heavy atom. The van der Waals surface area contributed by atoms with E-state index in [-0.39, 0.29) is 17.9 Å². The summed E-state index contributed by atoms with van der Waals surface area (Å²) in [7, 11) is 0. The van der Waals surface area contributed by atoms with Crippen LogP contribution in [0.15, 0.2) is 0 Å². The van der Waals surface area contributed by atoms with Crippen LogP contribution < -0.4 is 5.32 Å². The second kappa shape index (κ2) is 4.49. The predicted molar refractivity (Wildman–Crippen MR) is 59.5 cm³/mol. The Labute approximate surface area is 91.6 Å². The number of β-amino-alcohol motifs (C(OH)–C–C–N with tert-alkyl or cyclic N) is 1. The molecular formula is C11H22N2O2. The highest BCUT2D eigenvalue weighted by Gasteiger charge is 2.43. The van der Waals surface area contributed by atoms with E-state index in [0.717, 1.165) is 0 Å². The number of amides is 1. The number of hydrogen-bond acceptors (Lipinski definition) is 3. The minimum Gasteiger partial charge on any atom is -0.387 e. The van der Waals surface area contributed by atoms with Gasteiger partial charge in [-0.1, -0.05) is 13.8 Å². The molecule has 1 rings (SSSR count). The highest BCUT2D eigenvalue weighted by Crippen LogP contribution is 2.27. The summed E-state index contributed by atoms with van der Waals surface area (Å²) in [5.41, 5.74) is -0.585. The average Bonchev–Trinajstić information content (AvgIpc) is 1.98. The second-order valence-electron chi connectivity index (χ2n) is 5.13. The van der Waals surface area contributed by atoms with E-state index < -0.39 is 5.60 Å². The van der Waals surface area contributed by atoms with Crippen molar-refractivity contribution in [3.63, 3.8) is 0 Å². The molecule has 0 radical (unpaired) electrons. The zero-order chi connectivity index (χ0) is 11.6. The maximum atomic E-state index is 11.4. The topological polar surface area (TPSA) is 52.6 Å². The van der Waals surface area contributed by atoms with E-state index in [1.165, 1.54) is 0 Å². The summed E-state index contributed by atoms with van der Waals surface area (Å²) in [6, 6.07) is 0.183. The molecule has 1 heterocycles. The minimum atomic E-state index is -0.585. The Bertz CT molecular complexity index is 233. The van der Waals surface area contributed by atoms with Crippen LogP contribution in [0.3, 0.4) is 0 Å². The number of carbonyl (C=O) groups is 1. The van der Waals surface area contributed by atoms with Crippen molar-refractivity contribution in [2.45, 2.75) is 39.3 Å². The molecule has 0 aromatic carbocycles. The van der Waals surface area contributed by atoms with E-state index in [0.29, 0.717) is 19.6 Å². The van der Waals surface area contributed by atoms with Crippen molar-refractivity contribution >= 4 is 5.91 Å². The first kappa shape index (κ1) is 12.5. The van der Waals surface area contributed by atoms with Crippen LogP contribution in [0.2, 0.25) is 0 Å². The van der Waals surface area contributed by atoms with Crippen LogP contribution in [0, 0.1) is 5.92 Å². The molecule has 1 saturated heterocycles. The molecule has 4 nitrogen and oxygen atoms in total. The SMILES string of the molecule is CC(C)NC(=O)CN1CC(O)(C(C)C)C1. The monoisotopic (exact) mass is 214 g/mol. The Morgan fingerprint density at radius 1 is 1.40 bits per heavy atom. The lowest BCUT2D eigenvalue weighted by molar-refractivity contribution is -0.142. The molecule has 1 aliphatic heterocycles. The minimum absolute atomic E-state index is 0.0378. The van der Waals surface area contributed by atoms with Crippen LogP contribution in [0.1, 0.15) is 27.7 Å². The summed E-state index contributed by atoms with van der Waals surface area (Å²) in [6.45, 7) is 9.51. The van der Waals surface area contributed by atoms with Crippen molar-refractivity contribution in [2.75, 3.05) is 19.6 Å². The van der Waals surface area contributed by atoms with E-state index in [2.05, 4.69) is 5.32 Å². The highest BCUT2D eigenvalue weighted by atomic mass is 16.3. The van der Waals surface area contributed by atoms with E-state index in [1.807, 2.05) is 32.6 Å². The van der Waals surface area contributed by atoms with E-state index in [1.54, 1.807) is 0 Å². The van der Waals surface area contributed by atoms with Gasteiger partial charge in [-0.2, -0.15) is 0 Å². The van der Waals surface area contributed by atoms with Crippen molar-refractivity contribution in [3.05, 3.63) is 0 Å². The molecule has 2 N–H and O–H groups in total. The zero-order valence-corrected chi connectivity index (χ0v) is 10.1. The van der Waals surface area contributed by atoms with Gasteiger partial charge < -0.3 is 10.4 Å². The first-order chi connectivity index (χ1) is 6.83. The summed E-state index contributed by atoms with van der Waals surface area (Å²) < 4.78 is 0. The fraction of sp³-hybridized carbons (Fsp3) is 0.909. The molecule has 0 atom stereocenters. The summed E-state index contributed by atoms with van der Waals surface area (Å²) >= 11 is 0. The quantitative estimate of drug-likeness (QED) is 0.703. The fourth-order valence-electron chi connectivity index (χ4n) is 1.78. The first-order valence-corrected chi connectivity index (χ1v) is 5.57. The summed E-state index contributed by atoms with van der Waals surface area (Å²) in [4.78, 5) is 13.4. The van der Waals surface area contributed by atoms with Crippen molar-refractivity contribution in [2.24, 2.45) is 5.92 Å². The number of nitrogens with one attached hydrogen (secondary N) is 1. The molecule has 1 amide bonds. The number of likely N-dealkylation sites (tertiary alicyclic amines) is 1. The van der Waals surface area contributed by atoms with Gasteiger partial charge in [-0.05, 0) is 19.8 Å². The van der Waals surface area contributed by atoms with Crippen LogP contribution >= 0.6 is 0 Å². The molecule has 0 spiro atoms. The Morgan fingerprint density at radius 2 is 1.93 bits per heavy atom. The lowest BCUT2D eigenvalue weighted by Gasteiger charge is -2.48. The number of rotatable bonds is 4. The number of nitrogens with zero attached hydrogens (tertiary/aromatic N) is 1. The summed E-state index contributed by atoms with van der Waals surface area (Å²) in [6.07, 6.45) is 0. The Kier molecular flexibility index (Phi) is 3.73. The molecule has 0 aliphatic carbocycles. The average molecular weight is 214 g/mol. The third kappa shape index (κ3) is 3.18. The maximum Gasteiger partial charge on any atom is 0.234 e. The van der Waals surface area contributed by atoms with Crippen LogP contribution in [0.4, 0.5) is 0 Å². The van der Waals surface area contributed by atoms with Crippen molar-refractivity contribution in [1.29, 1.82) is 0 Å². The zero-order valence-electron chi connectivity index (χ0n) is 10.1. The summed E-state index contributed by atoms with van der Waals surface area (Å²) in [5, 5.41) is 12.8. The maximum absolute atomic E-state index is 11.4. The van der Waals surface area contributed by atoms with Crippen LogP contribution in [0.25, 0.3) is 0 Å². The van der Waals surface area contributed by atoms with E-state index in [4.69, 9.17) is 0 Å². The number of aliphatic hydroxyl groups is 1. The third-order valence-corrected chi connectivity index (χ3v) is 2.89. The second-order valence-corrected chi connectivity index (χ2v) is 5.13. The summed E-state index contributed by atoms with van der Waals surface area (Å²) in [5.74, 6) is 0.290. The molecule has 0 saturated carbocycles. The molecule has 0 unspecified atom stereocenters. The largest absolute Gasteiger partial charge is 0.387 e. The van der Waals surface area contributed by atoms with Crippen LogP contribution in [-0.4, -0.2) is 47.2 Å². The van der Waals surface area contributed by atoms with Gasteiger partial charge in [0, 0.05) is 19.1 Å². The van der Waals surface area contributed by atoms with Crippen molar-refractivity contribution in [1.82, 2.24) is 10.2 Å².